The van der Waals surface area contributed by atoms with E-state index in [1.54, 1.807) is 17.7 Å². The van der Waals surface area contributed by atoms with Crippen LogP contribution in [0.4, 0.5) is 5.82 Å². The third kappa shape index (κ3) is 3.33. The Bertz CT molecular complexity index is 925. The van der Waals surface area contributed by atoms with E-state index >= 15 is 0 Å². The van der Waals surface area contributed by atoms with Crippen molar-refractivity contribution >= 4 is 27.4 Å². The van der Waals surface area contributed by atoms with Gasteiger partial charge in [0.1, 0.15) is 17.0 Å². The number of rotatable bonds is 4. The quantitative estimate of drug-likeness (QED) is 0.754. The molecule has 2 fully saturated rings. The molecule has 0 spiro atoms. The molecule has 0 amide bonds. The van der Waals surface area contributed by atoms with Gasteiger partial charge in [0.25, 0.3) is 0 Å². The predicted octanol–water partition coefficient (Wildman–Crippen LogP) is 3.22. The first kappa shape index (κ1) is 17.1. The second-order valence-corrected chi connectivity index (χ2v) is 8.66. The van der Waals surface area contributed by atoms with Gasteiger partial charge in [0.05, 0.1) is 5.39 Å². The highest BCUT2D eigenvalue weighted by atomic mass is 32.1. The molecule has 2 unspecified atom stereocenters. The second kappa shape index (κ2) is 7.19. The third-order valence-corrected chi connectivity index (χ3v) is 6.73. The molecule has 4 heterocycles. The molecule has 2 saturated heterocycles. The number of aromatic nitrogens is 2. The molecule has 2 atom stereocenters. The van der Waals surface area contributed by atoms with Gasteiger partial charge in [-0.3, -0.25) is 0 Å². The molecule has 1 aromatic carbocycles. The standard InChI is InChI=1S/C21H25N5S/c22-17-7-8-25(12-17)10-15-6-9-26(11-15)20-19-18(16-4-2-1-3-5-16)13-27-21(19)24-14-23-20/h1-5,13-15,17H,6-12,22H2. The molecular weight excluding hydrogens is 354 g/mol. The number of thiophene rings is 1. The number of nitrogens with zero attached hydrogens (tertiary/aromatic N) is 4. The number of likely N-dealkylation sites (tertiary alicyclic amines) is 1. The highest BCUT2D eigenvalue weighted by Crippen LogP contribution is 2.39. The van der Waals surface area contributed by atoms with Crippen LogP contribution in [0.3, 0.4) is 0 Å². The monoisotopic (exact) mass is 379 g/mol. The van der Waals surface area contributed by atoms with Crippen LogP contribution in [0.2, 0.25) is 0 Å². The summed E-state index contributed by atoms with van der Waals surface area (Å²) in [5.41, 5.74) is 8.56. The first-order valence-corrected chi connectivity index (χ1v) is 10.7. The van der Waals surface area contributed by atoms with E-state index in [0.29, 0.717) is 12.0 Å². The van der Waals surface area contributed by atoms with Crippen molar-refractivity contribution in [1.82, 2.24) is 14.9 Å². The molecule has 6 heteroatoms. The van der Waals surface area contributed by atoms with Crippen LogP contribution >= 0.6 is 11.3 Å². The van der Waals surface area contributed by atoms with Crippen LogP contribution < -0.4 is 10.6 Å². The lowest BCUT2D eigenvalue weighted by atomic mass is 10.1. The molecule has 0 saturated carbocycles. The number of nitrogens with two attached hydrogens (primary N) is 1. The second-order valence-electron chi connectivity index (χ2n) is 7.80. The lowest BCUT2D eigenvalue weighted by molar-refractivity contribution is 0.285. The van der Waals surface area contributed by atoms with Crippen molar-refractivity contribution in [2.45, 2.75) is 18.9 Å². The molecule has 5 nitrogen and oxygen atoms in total. The van der Waals surface area contributed by atoms with Crippen molar-refractivity contribution in [2.75, 3.05) is 37.6 Å². The van der Waals surface area contributed by atoms with Crippen molar-refractivity contribution in [1.29, 1.82) is 0 Å². The average molecular weight is 380 g/mol. The molecule has 2 aliphatic rings. The number of anilines is 1. The minimum Gasteiger partial charge on any atom is -0.356 e. The Morgan fingerprint density at radius 2 is 1.96 bits per heavy atom. The number of hydrogen-bond acceptors (Lipinski definition) is 6. The molecule has 2 aromatic heterocycles. The molecule has 27 heavy (non-hydrogen) atoms. The zero-order chi connectivity index (χ0) is 18.2. The van der Waals surface area contributed by atoms with Crippen molar-refractivity contribution in [2.24, 2.45) is 11.7 Å². The fourth-order valence-electron chi connectivity index (χ4n) is 4.50. The smallest absolute Gasteiger partial charge is 0.141 e. The first-order chi connectivity index (χ1) is 13.3. The Hall–Kier alpha value is -2.02. The summed E-state index contributed by atoms with van der Waals surface area (Å²) >= 11 is 1.71. The highest BCUT2D eigenvalue weighted by Gasteiger charge is 2.29. The van der Waals surface area contributed by atoms with Gasteiger partial charge in [-0.2, -0.15) is 0 Å². The van der Waals surface area contributed by atoms with Gasteiger partial charge >= 0.3 is 0 Å². The maximum atomic E-state index is 6.07. The number of fused-ring (bicyclic) bond motifs is 1. The van der Waals surface area contributed by atoms with E-state index in [4.69, 9.17) is 10.7 Å². The summed E-state index contributed by atoms with van der Waals surface area (Å²) in [6.45, 7) is 5.51. The fraction of sp³-hybridized carbons (Fsp3) is 0.429. The molecule has 0 radical (unpaired) electrons. The zero-order valence-electron chi connectivity index (χ0n) is 15.4. The van der Waals surface area contributed by atoms with Crippen molar-refractivity contribution in [3.8, 4) is 11.1 Å². The molecule has 5 rings (SSSR count). The Morgan fingerprint density at radius 3 is 2.78 bits per heavy atom. The van der Waals surface area contributed by atoms with E-state index in [0.717, 1.165) is 49.8 Å². The average Bonchev–Trinajstić information content (AvgIpc) is 3.42. The summed E-state index contributed by atoms with van der Waals surface area (Å²) in [4.78, 5) is 15.3. The molecule has 0 bridgehead atoms. The molecule has 0 aliphatic carbocycles. The number of hydrogen-bond donors (Lipinski definition) is 1. The van der Waals surface area contributed by atoms with Crippen LogP contribution in [0.1, 0.15) is 12.8 Å². The van der Waals surface area contributed by atoms with Gasteiger partial charge < -0.3 is 15.5 Å². The van der Waals surface area contributed by atoms with E-state index < -0.39 is 0 Å². The predicted molar refractivity (Wildman–Crippen MR) is 112 cm³/mol. The molecule has 2 aliphatic heterocycles. The van der Waals surface area contributed by atoms with Gasteiger partial charge in [0.15, 0.2) is 0 Å². The van der Waals surface area contributed by atoms with Crippen LogP contribution in [0, 0.1) is 5.92 Å². The minimum absolute atomic E-state index is 0.364. The SMILES string of the molecule is NC1CCN(CC2CCN(c3ncnc4scc(-c5ccccc5)c34)C2)C1. The van der Waals surface area contributed by atoms with Gasteiger partial charge in [-0.1, -0.05) is 30.3 Å². The summed E-state index contributed by atoms with van der Waals surface area (Å²) in [6.07, 6.45) is 4.08. The van der Waals surface area contributed by atoms with Crippen LogP contribution in [-0.2, 0) is 0 Å². The lowest BCUT2D eigenvalue weighted by Crippen LogP contribution is -2.32. The maximum Gasteiger partial charge on any atom is 0.141 e. The molecule has 3 aromatic rings. The molecular formula is C21H25N5S. The number of benzene rings is 1. The zero-order valence-corrected chi connectivity index (χ0v) is 16.2. The van der Waals surface area contributed by atoms with E-state index in [1.165, 1.54) is 22.9 Å². The first-order valence-electron chi connectivity index (χ1n) is 9.78. The molecule has 2 N–H and O–H groups in total. The largest absolute Gasteiger partial charge is 0.356 e. The third-order valence-electron chi connectivity index (χ3n) is 5.85. The van der Waals surface area contributed by atoms with E-state index in [9.17, 15) is 0 Å². The van der Waals surface area contributed by atoms with Crippen LogP contribution in [-0.4, -0.2) is 53.6 Å². The molecule has 140 valence electrons. The maximum absolute atomic E-state index is 6.07. The minimum atomic E-state index is 0.364. The van der Waals surface area contributed by atoms with Crippen LogP contribution in [0.25, 0.3) is 21.3 Å². The van der Waals surface area contributed by atoms with Gasteiger partial charge in [0.2, 0.25) is 0 Å². The van der Waals surface area contributed by atoms with Crippen molar-refractivity contribution in [3.05, 3.63) is 42.0 Å². The van der Waals surface area contributed by atoms with E-state index in [2.05, 4.69) is 50.5 Å². The van der Waals surface area contributed by atoms with E-state index in [-0.39, 0.29) is 0 Å². The van der Waals surface area contributed by atoms with Crippen molar-refractivity contribution in [3.63, 3.8) is 0 Å². The summed E-state index contributed by atoms with van der Waals surface area (Å²) in [5.74, 6) is 1.79. The van der Waals surface area contributed by atoms with Crippen molar-refractivity contribution < 1.29 is 0 Å². The van der Waals surface area contributed by atoms with Gasteiger partial charge in [-0.25, -0.2) is 9.97 Å². The summed E-state index contributed by atoms with van der Waals surface area (Å²) in [7, 11) is 0. The summed E-state index contributed by atoms with van der Waals surface area (Å²) in [6, 6.07) is 10.9. The van der Waals surface area contributed by atoms with Gasteiger partial charge in [-0.05, 0) is 30.9 Å². The van der Waals surface area contributed by atoms with Crippen LogP contribution in [0.5, 0.6) is 0 Å². The summed E-state index contributed by atoms with van der Waals surface area (Å²) in [5, 5.41) is 3.43. The Kier molecular flexibility index (Phi) is 4.55. The summed E-state index contributed by atoms with van der Waals surface area (Å²) < 4.78 is 0. The topological polar surface area (TPSA) is 58.3 Å². The fourth-order valence-corrected chi connectivity index (χ4v) is 5.41. The van der Waals surface area contributed by atoms with Gasteiger partial charge in [-0.15, -0.1) is 11.3 Å². The Morgan fingerprint density at radius 1 is 1.07 bits per heavy atom. The lowest BCUT2D eigenvalue weighted by Gasteiger charge is -2.22. The van der Waals surface area contributed by atoms with Gasteiger partial charge in [0, 0.05) is 43.2 Å². The normalized spacial score (nSPS) is 23.5. The Labute approximate surface area is 163 Å². The van der Waals surface area contributed by atoms with Crippen LogP contribution in [0.15, 0.2) is 42.0 Å². The highest BCUT2D eigenvalue weighted by molar-refractivity contribution is 7.17. The Balaban J connectivity index is 1.41. The van der Waals surface area contributed by atoms with E-state index in [1.807, 2.05) is 0 Å².